The molecule has 0 aliphatic rings. The molecule has 0 aliphatic carbocycles. The Bertz CT molecular complexity index is 504. The van der Waals surface area contributed by atoms with Crippen molar-refractivity contribution in [2.75, 3.05) is 7.11 Å². The third-order valence-electron chi connectivity index (χ3n) is 2.16. The summed E-state index contributed by atoms with van der Waals surface area (Å²) in [5.74, 6) is -0.539. The second-order valence-corrected chi connectivity index (χ2v) is 2.99. The fourth-order valence-electron chi connectivity index (χ4n) is 1.46. The molecule has 0 saturated carbocycles. The van der Waals surface area contributed by atoms with Crippen molar-refractivity contribution in [3.05, 3.63) is 35.8 Å². The Morgan fingerprint density at radius 2 is 2.40 bits per heavy atom. The van der Waals surface area contributed by atoms with Crippen molar-refractivity contribution in [3.63, 3.8) is 0 Å². The molecule has 5 heteroatoms. The van der Waals surface area contributed by atoms with E-state index in [1.807, 2.05) is 6.07 Å². The summed E-state index contributed by atoms with van der Waals surface area (Å²) in [5.41, 5.74) is 1.21. The molecule has 0 aliphatic heterocycles. The van der Waals surface area contributed by atoms with E-state index in [2.05, 4.69) is 9.72 Å². The van der Waals surface area contributed by atoms with E-state index in [1.54, 1.807) is 22.7 Å². The van der Waals surface area contributed by atoms with E-state index in [-0.39, 0.29) is 12.3 Å². The molecule has 2 aromatic rings. The number of ether oxygens (including phenoxy) is 1. The first-order chi connectivity index (χ1) is 7.27. The number of methoxy groups -OCH3 is 1. The first-order valence-corrected chi connectivity index (χ1v) is 4.43. The number of aliphatic hydroxyl groups excluding tert-OH is 1. The van der Waals surface area contributed by atoms with Gasteiger partial charge in [-0.2, -0.15) is 0 Å². The highest BCUT2D eigenvalue weighted by atomic mass is 16.5. The molecule has 2 heterocycles. The lowest BCUT2D eigenvalue weighted by Crippen LogP contribution is -2.06. The van der Waals surface area contributed by atoms with Gasteiger partial charge < -0.3 is 14.2 Å². The van der Waals surface area contributed by atoms with Crippen LogP contribution < -0.4 is 0 Å². The molecule has 2 aromatic heterocycles. The number of esters is 1. The van der Waals surface area contributed by atoms with Crippen molar-refractivity contribution in [3.8, 4) is 0 Å². The van der Waals surface area contributed by atoms with Crippen molar-refractivity contribution in [1.82, 2.24) is 9.38 Å². The molecule has 2 rings (SSSR count). The molecule has 0 saturated heterocycles. The number of pyridine rings is 1. The monoisotopic (exact) mass is 206 g/mol. The third kappa shape index (κ3) is 1.46. The highest BCUT2D eigenvalue weighted by molar-refractivity contribution is 5.89. The third-order valence-corrected chi connectivity index (χ3v) is 2.16. The molecule has 0 fully saturated rings. The zero-order chi connectivity index (χ0) is 10.8. The molecular formula is C10H10N2O3. The summed E-state index contributed by atoms with van der Waals surface area (Å²) in [5, 5.41) is 9.18. The highest BCUT2D eigenvalue weighted by Gasteiger charge is 2.17. The number of rotatable bonds is 2. The zero-order valence-corrected chi connectivity index (χ0v) is 8.17. The molecule has 78 valence electrons. The van der Waals surface area contributed by atoms with Gasteiger partial charge in [-0.25, -0.2) is 9.78 Å². The van der Waals surface area contributed by atoms with Gasteiger partial charge in [0.15, 0.2) is 5.69 Å². The van der Waals surface area contributed by atoms with Gasteiger partial charge in [-0.3, -0.25) is 0 Å². The lowest BCUT2D eigenvalue weighted by atomic mass is 10.3. The Balaban J connectivity index is 2.69. The molecule has 15 heavy (non-hydrogen) atoms. The summed E-state index contributed by atoms with van der Waals surface area (Å²) in [6.45, 7) is -0.254. The lowest BCUT2D eigenvalue weighted by molar-refractivity contribution is 0.0591. The molecule has 0 radical (unpaired) electrons. The Morgan fingerprint density at radius 1 is 1.60 bits per heavy atom. The van der Waals surface area contributed by atoms with Crippen LogP contribution >= 0.6 is 0 Å². The van der Waals surface area contributed by atoms with E-state index >= 15 is 0 Å². The summed E-state index contributed by atoms with van der Waals surface area (Å²) in [7, 11) is 1.29. The van der Waals surface area contributed by atoms with Crippen LogP contribution in [0.1, 0.15) is 16.2 Å². The zero-order valence-electron chi connectivity index (χ0n) is 8.17. The second kappa shape index (κ2) is 3.70. The van der Waals surface area contributed by atoms with E-state index in [1.165, 1.54) is 7.11 Å². The number of imidazole rings is 1. The summed E-state index contributed by atoms with van der Waals surface area (Å²) >= 11 is 0. The molecule has 0 spiro atoms. The normalized spacial score (nSPS) is 10.5. The van der Waals surface area contributed by atoms with Crippen LogP contribution in [0.2, 0.25) is 0 Å². The summed E-state index contributed by atoms with van der Waals surface area (Å²) in [6.07, 6.45) is 1.74. The minimum Gasteiger partial charge on any atom is -0.464 e. The van der Waals surface area contributed by atoms with E-state index in [9.17, 15) is 9.90 Å². The van der Waals surface area contributed by atoms with Crippen molar-refractivity contribution >= 4 is 11.6 Å². The maximum Gasteiger partial charge on any atom is 0.358 e. The van der Waals surface area contributed by atoms with Gasteiger partial charge in [0.1, 0.15) is 5.65 Å². The van der Waals surface area contributed by atoms with E-state index in [4.69, 9.17) is 0 Å². The van der Waals surface area contributed by atoms with Crippen LogP contribution in [0.5, 0.6) is 0 Å². The van der Waals surface area contributed by atoms with Gasteiger partial charge >= 0.3 is 5.97 Å². The minimum atomic E-state index is -0.539. The molecular weight excluding hydrogens is 196 g/mol. The highest BCUT2D eigenvalue weighted by Crippen LogP contribution is 2.13. The van der Waals surface area contributed by atoms with E-state index in [0.29, 0.717) is 11.3 Å². The molecule has 1 N–H and O–H groups in total. The Hall–Kier alpha value is -1.88. The van der Waals surface area contributed by atoms with Gasteiger partial charge in [0, 0.05) is 6.20 Å². The lowest BCUT2D eigenvalue weighted by Gasteiger charge is -1.98. The van der Waals surface area contributed by atoms with Crippen LogP contribution in [-0.2, 0) is 11.3 Å². The summed E-state index contributed by atoms with van der Waals surface area (Å²) in [4.78, 5) is 15.4. The summed E-state index contributed by atoms with van der Waals surface area (Å²) in [6, 6.07) is 5.37. The maximum absolute atomic E-state index is 11.4. The summed E-state index contributed by atoms with van der Waals surface area (Å²) < 4.78 is 6.24. The van der Waals surface area contributed by atoms with Gasteiger partial charge in [-0.1, -0.05) is 6.07 Å². The van der Waals surface area contributed by atoms with Crippen molar-refractivity contribution in [2.45, 2.75) is 6.61 Å². The number of carbonyl (C=O) groups excluding carboxylic acids is 1. The number of carbonyl (C=O) groups is 1. The van der Waals surface area contributed by atoms with Crippen molar-refractivity contribution in [2.24, 2.45) is 0 Å². The first kappa shape index (κ1) is 9.67. The predicted molar refractivity (Wildman–Crippen MR) is 52.5 cm³/mol. The SMILES string of the molecule is COC(=O)c1nc2ccccn2c1CO. The van der Waals surface area contributed by atoms with Crippen LogP contribution in [0.4, 0.5) is 0 Å². The Morgan fingerprint density at radius 3 is 3.07 bits per heavy atom. The number of fused-ring (bicyclic) bond motifs is 1. The number of nitrogens with zero attached hydrogens (tertiary/aromatic N) is 2. The minimum absolute atomic E-state index is 0.159. The standard InChI is InChI=1S/C10H10N2O3/c1-15-10(14)9-7(6-13)12-5-3-2-4-8(12)11-9/h2-5,13H,6H2,1H3. The van der Waals surface area contributed by atoms with Crippen molar-refractivity contribution < 1.29 is 14.6 Å². The number of aliphatic hydroxyl groups is 1. The maximum atomic E-state index is 11.4. The molecule has 0 unspecified atom stereocenters. The average molecular weight is 206 g/mol. The smallest absolute Gasteiger partial charge is 0.358 e. The van der Waals surface area contributed by atoms with Gasteiger partial charge in [0.05, 0.1) is 19.4 Å². The topological polar surface area (TPSA) is 63.8 Å². The quantitative estimate of drug-likeness (QED) is 0.731. The molecule has 5 nitrogen and oxygen atoms in total. The molecule has 0 atom stereocenters. The van der Waals surface area contributed by atoms with Crippen LogP contribution in [-0.4, -0.2) is 27.6 Å². The van der Waals surface area contributed by atoms with Crippen LogP contribution in [0.25, 0.3) is 5.65 Å². The predicted octanol–water partition coefficient (Wildman–Crippen LogP) is 0.613. The molecule has 0 amide bonds. The van der Waals surface area contributed by atoms with Crippen molar-refractivity contribution in [1.29, 1.82) is 0 Å². The van der Waals surface area contributed by atoms with Gasteiger partial charge in [0.25, 0.3) is 0 Å². The number of hydrogen-bond donors (Lipinski definition) is 1. The molecule has 0 bridgehead atoms. The second-order valence-electron chi connectivity index (χ2n) is 2.99. The largest absolute Gasteiger partial charge is 0.464 e. The average Bonchev–Trinajstić information content (AvgIpc) is 2.66. The van der Waals surface area contributed by atoms with E-state index < -0.39 is 5.97 Å². The Kier molecular flexibility index (Phi) is 2.39. The fourth-order valence-corrected chi connectivity index (χ4v) is 1.46. The first-order valence-electron chi connectivity index (χ1n) is 4.43. The van der Waals surface area contributed by atoms with Crippen LogP contribution in [0.3, 0.4) is 0 Å². The van der Waals surface area contributed by atoms with Crippen LogP contribution in [0, 0.1) is 0 Å². The van der Waals surface area contributed by atoms with E-state index in [0.717, 1.165) is 0 Å². The van der Waals surface area contributed by atoms with Gasteiger partial charge in [-0.05, 0) is 12.1 Å². The number of aromatic nitrogens is 2. The van der Waals surface area contributed by atoms with Crippen LogP contribution in [0.15, 0.2) is 24.4 Å². The fraction of sp³-hybridized carbons (Fsp3) is 0.200. The van der Waals surface area contributed by atoms with Gasteiger partial charge in [0.2, 0.25) is 0 Å². The number of hydrogen-bond acceptors (Lipinski definition) is 4. The Labute approximate surface area is 85.9 Å². The molecule has 0 aromatic carbocycles. The van der Waals surface area contributed by atoms with Gasteiger partial charge in [-0.15, -0.1) is 0 Å².